The molecule has 1 aliphatic carbocycles. The van der Waals surface area contributed by atoms with E-state index in [0.717, 1.165) is 25.1 Å². The summed E-state index contributed by atoms with van der Waals surface area (Å²) in [6, 6.07) is 5.91. The van der Waals surface area contributed by atoms with Gasteiger partial charge < -0.3 is 10.2 Å². The van der Waals surface area contributed by atoms with Crippen LogP contribution in [0.4, 0.5) is 0 Å². The van der Waals surface area contributed by atoms with Gasteiger partial charge in [-0.15, -0.1) is 0 Å². The van der Waals surface area contributed by atoms with Crippen LogP contribution >= 0.6 is 0 Å². The molecule has 1 aromatic heterocycles. The van der Waals surface area contributed by atoms with E-state index in [1.54, 1.807) is 6.20 Å². The summed E-state index contributed by atoms with van der Waals surface area (Å²) >= 11 is 0. The smallest absolute Gasteiger partial charge is 0.224 e. The Morgan fingerprint density at radius 2 is 2.04 bits per heavy atom. The number of nitrogens with one attached hydrogen (secondary N) is 1. The lowest BCUT2D eigenvalue weighted by Gasteiger charge is -2.35. The predicted molar refractivity (Wildman–Crippen MR) is 101 cm³/mol. The molecule has 2 fully saturated rings. The Kier molecular flexibility index (Phi) is 7.04. The zero-order chi connectivity index (χ0) is 18.2. The largest absolute Gasteiger partial charge is 0.356 e. The number of carbonyl (C=O) groups is 2. The maximum absolute atomic E-state index is 12.5. The molecule has 26 heavy (non-hydrogen) atoms. The van der Waals surface area contributed by atoms with Gasteiger partial charge in [-0.2, -0.15) is 0 Å². The standard InChI is InChI=1S/C21H31N3O2/c25-20-12-11-18(16-24(20)15-17-7-2-1-3-8-17)21(26)23-14-6-10-19-9-4-5-13-22-19/h4-5,9,13,17-18H,1-3,6-8,10-12,14-16H2,(H,23,26)/t18-/m0/s1. The van der Waals surface area contributed by atoms with Gasteiger partial charge in [0.2, 0.25) is 11.8 Å². The highest BCUT2D eigenvalue weighted by molar-refractivity contribution is 5.83. The van der Waals surface area contributed by atoms with Gasteiger partial charge in [-0.05, 0) is 50.2 Å². The molecular weight excluding hydrogens is 326 g/mol. The van der Waals surface area contributed by atoms with Gasteiger partial charge in [-0.1, -0.05) is 25.3 Å². The molecule has 3 rings (SSSR count). The third-order valence-corrected chi connectivity index (χ3v) is 5.71. The number of nitrogens with zero attached hydrogens (tertiary/aromatic N) is 2. The molecule has 1 aliphatic heterocycles. The van der Waals surface area contributed by atoms with Gasteiger partial charge in [0.1, 0.15) is 0 Å². The maximum atomic E-state index is 12.5. The molecule has 1 atom stereocenters. The predicted octanol–water partition coefficient (Wildman–Crippen LogP) is 2.95. The molecule has 2 aliphatic rings. The molecule has 2 amide bonds. The first kappa shape index (κ1) is 18.9. The molecule has 2 heterocycles. The normalized spacial score (nSPS) is 21.6. The molecule has 1 N–H and O–H groups in total. The highest BCUT2D eigenvalue weighted by Gasteiger charge is 2.31. The Morgan fingerprint density at radius 3 is 2.81 bits per heavy atom. The summed E-state index contributed by atoms with van der Waals surface area (Å²) < 4.78 is 0. The molecule has 5 nitrogen and oxygen atoms in total. The van der Waals surface area contributed by atoms with Crippen LogP contribution in [0, 0.1) is 11.8 Å². The zero-order valence-corrected chi connectivity index (χ0v) is 15.7. The summed E-state index contributed by atoms with van der Waals surface area (Å²) in [6.45, 7) is 2.12. The highest BCUT2D eigenvalue weighted by atomic mass is 16.2. The Morgan fingerprint density at radius 1 is 1.19 bits per heavy atom. The first-order valence-corrected chi connectivity index (χ1v) is 10.2. The Bertz CT molecular complexity index is 584. The van der Waals surface area contributed by atoms with Crippen molar-refractivity contribution in [3.05, 3.63) is 30.1 Å². The fraction of sp³-hybridized carbons (Fsp3) is 0.667. The Labute approximate surface area is 156 Å². The highest BCUT2D eigenvalue weighted by Crippen LogP contribution is 2.27. The van der Waals surface area contributed by atoms with Gasteiger partial charge in [-0.25, -0.2) is 0 Å². The van der Waals surface area contributed by atoms with Gasteiger partial charge in [0.05, 0.1) is 5.92 Å². The molecule has 0 spiro atoms. The number of hydrogen-bond acceptors (Lipinski definition) is 3. The van der Waals surface area contributed by atoms with Crippen molar-refractivity contribution in [2.45, 2.75) is 57.8 Å². The molecule has 142 valence electrons. The van der Waals surface area contributed by atoms with Crippen molar-refractivity contribution < 1.29 is 9.59 Å². The van der Waals surface area contributed by atoms with Crippen LogP contribution in [0.1, 0.15) is 57.1 Å². The van der Waals surface area contributed by atoms with Crippen molar-refractivity contribution >= 4 is 11.8 Å². The van der Waals surface area contributed by atoms with Gasteiger partial charge in [-0.3, -0.25) is 14.6 Å². The van der Waals surface area contributed by atoms with Crippen LogP contribution in [0.25, 0.3) is 0 Å². The van der Waals surface area contributed by atoms with Crippen molar-refractivity contribution in [2.24, 2.45) is 11.8 Å². The van der Waals surface area contributed by atoms with E-state index in [-0.39, 0.29) is 17.7 Å². The first-order valence-electron chi connectivity index (χ1n) is 10.2. The van der Waals surface area contributed by atoms with E-state index in [1.165, 1.54) is 32.1 Å². The molecule has 0 unspecified atom stereocenters. The lowest BCUT2D eigenvalue weighted by atomic mass is 9.87. The van der Waals surface area contributed by atoms with Gasteiger partial charge in [0.25, 0.3) is 0 Å². The molecule has 0 bridgehead atoms. The van der Waals surface area contributed by atoms with Crippen LogP contribution in [0.15, 0.2) is 24.4 Å². The summed E-state index contributed by atoms with van der Waals surface area (Å²) in [4.78, 5) is 31.0. The van der Waals surface area contributed by atoms with Gasteiger partial charge in [0, 0.05) is 37.9 Å². The average molecular weight is 357 g/mol. The van der Waals surface area contributed by atoms with E-state index < -0.39 is 0 Å². The maximum Gasteiger partial charge on any atom is 0.224 e. The van der Waals surface area contributed by atoms with E-state index in [2.05, 4.69) is 10.3 Å². The number of amides is 2. The van der Waals surface area contributed by atoms with Crippen molar-refractivity contribution in [3.8, 4) is 0 Å². The third-order valence-electron chi connectivity index (χ3n) is 5.71. The first-order chi connectivity index (χ1) is 12.7. The monoisotopic (exact) mass is 357 g/mol. The molecule has 1 saturated heterocycles. The molecule has 1 aromatic rings. The van der Waals surface area contributed by atoms with Crippen LogP contribution in [-0.4, -0.2) is 41.3 Å². The summed E-state index contributed by atoms with van der Waals surface area (Å²) in [5.41, 5.74) is 1.06. The number of rotatable bonds is 7. The van der Waals surface area contributed by atoms with Crippen molar-refractivity contribution in [2.75, 3.05) is 19.6 Å². The second-order valence-electron chi connectivity index (χ2n) is 7.75. The summed E-state index contributed by atoms with van der Waals surface area (Å²) in [5.74, 6) is 0.918. The summed E-state index contributed by atoms with van der Waals surface area (Å²) in [7, 11) is 0. The van der Waals surface area contributed by atoms with E-state index in [1.807, 2.05) is 23.1 Å². The van der Waals surface area contributed by atoms with Crippen molar-refractivity contribution in [3.63, 3.8) is 0 Å². The number of aryl methyl sites for hydroxylation is 1. The fourth-order valence-electron chi connectivity index (χ4n) is 4.16. The Balaban J connectivity index is 1.39. The molecule has 1 saturated carbocycles. The number of hydrogen-bond donors (Lipinski definition) is 1. The van der Waals surface area contributed by atoms with Crippen molar-refractivity contribution in [1.82, 2.24) is 15.2 Å². The average Bonchev–Trinajstić information content (AvgIpc) is 2.68. The summed E-state index contributed by atoms with van der Waals surface area (Å²) in [6.07, 6.45) is 11.1. The lowest BCUT2D eigenvalue weighted by Crippen LogP contribution is -2.47. The molecule has 0 radical (unpaired) electrons. The number of aromatic nitrogens is 1. The van der Waals surface area contributed by atoms with Crippen LogP contribution in [0.2, 0.25) is 0 Å². The fourth-order valence-corrected chi connectivity index (χ4v) is 4.16. The van der Waals surface area contributed by atoms with E-state index in [9.17, 15) is 9.59 Å². The SMILES string of the molecule is O=C(NCCCc1ccccn1)[C@H]1CCC(=O)N(CC2CCCCC2)C1. The zero-order valence-electron chi connectivity index (χ0n) is 15.7. The van der Waals surface area contributed by atoms with E-state index in [0.29, 0.717) is 31.8 Å². The van der Waals surface area contributed by atoms with Crippen molar-refractivity contribution in [1.29, 1.82) is 0 Å². The van der Waals surface area contributed by atoms with Gasteiger partial charge in [0.15, 0.2) is 0 Å². The van der Waals surface area contributed by atoms with Crippen LogP contribution in [0.3, 0.4) is 0 Å². The molecule has 0 aromatic carbocycles. The second-order valence-corrected chi connectivity index (χ2v) is 7.75. The minimum Gasteiger partial charge on any atom is -0.356 e. The minimum absolute atomic E-state index is 0.0499. The number of carbonyl (C=O) groups excluding carboxylic acids is 2. The molecule has 5 heteroatoms. The number of pyridine rings is 1. The quantitative estimate of drug-likeness (QED) is 0.763. The van der Waals surface area contributed by atoms with E-state index in [4.69, 9.17) is 0 Å². The van der Waals surface area contributed by atoms with Gasteiger partial charge >= 0.3 is 0 Å². The second kappa shape index (κ2) is 9.70. The Hall–Kier alpha value is -1.91. The topological polar surface area (TPSA) is 62.3 Å². The third kappa shape index (κ3) is 5.55. The van der Waals surface area contributed by atoms with Crippen LogP contribution in [0.5, 0.6) is 0 Å². The van der Waals surface area contributed by atoms with E-state index >= 15 is 0 Å². The molecular formula is C21H31N3O2. The number of piperidine rings is 1. The number of likely N-dealkylation sites (tertiary alicyclic amines) is 1. The summed E-state index contributed by atoms with van der Waals surface area (Å²) in [5, 5.41) is 3.06. The lowest BCUT2D eigenvalue weighted by molar-refractivity contribution is -0.139. The van der Waals surface area contributed by atoms with Crippen LogP contribution in [-0.2, 0) is 16.0 Å². The van der Waals surface area contributed by atoms with Crippen LogP contribution < -0.4 is 5.32 Å². The minimum atomic E-state index is -0.0499.